The molecule has 1 fully saturated rings. The summed E-state index contributed by atoms with van der Waals surface area (Å²) in [5, 5.41) is -0.532. The smallest absolute Gasteiger partial charge is 0.324 e. The van der Waals surface area contributed by atoms with Crippen molar-refractivity contribution in [2.24, 2.45) is 11.3 Å². The van der Waals surface area contributed by atoms with Gasteiger partial charge in [-0.15, -0.1) is 0 Å². The summed E-state index contributed by atoms with van der Waals surface area (Å²) < 4.78 is 15.0. The average molecular weight is 348 g/mol. The molecule has 2 atom stereocenters. The number of hydrogen-bond donors (Lipinski definition) is 0. The van der Waals surface area contributed by atoms with Crippen LogP contribution in [0.4, 0.5) is 0 Å². The molecular formula is C14H20O6S2. The minimum Gasteiger partial charge on any atom is -0.479 e. The van der Waals surface area contributed by atoms with E-state index in [4.69, 9.17) is 26.4 Å². The Kier molecular flexibility index (Phi) is 6.80. The number of hydrogen-bond acceptors (Lipinski definition) is 8. The fourth-order valence-corrected chi connectivity index (χ4v) is 4.42. The van der Waals surface area contributed by atoms with Crippen LogP contribution < -0.4 is 0 Å². The van der Waals surface area contributed by atoms with Gasteiger partial charge in [-0.3, -0.25) is 9.59 Å². The molecule has 1 saturated carbocycles. The Morgan fingerprint density at radius 3 is 2.18 bits per heavy atom. The van der Waals surface area contributed by atoms with Gasteiger partial charge in [0, 0.05) is 11.7 Å². The fraction of sp³-hybridized carbons (Fsp3) is 0.714. The second kappa shape index (κ2) is 7.92. The van der Waals surface area contributed by atoms with Crippen molar-refractivity contribution < 1.29 is 28.6 Å². The molecule has 0 spiro atoms. The van der Waals surface area contributed by atoms with E-state index in [1.165, 1.54) is 21.1 Å². The number of ketones is 1. The highest BCUT2D eigenvalue weighted by Crippen LogP contribution is 2.55. The highest BCUT2D eigenvalue weighted by Gasteiger charge is 2.66. The summed E-state index contributed by atoms with van der Waals surface area (Å²) in [6, 6.07) is 0. The van der Waals surface area contributed by atoms with Crippen molar-refractivity contribution in [1.82, 2.24) is 0 Å². The van der Waals surface area contributed by atoms with Crippen molar-refractivity contribution in [1.29, 1.82) is 0 Å². The van der Waals surface area contributed by atoms with Crippen LogP contribution in [0.5, 0.6) is 0 Å². The first-order valence-electron chi connectivity index (χ1n) is 6.83. The van der Waals surface area contributed by atoms with E-state index in [0.29, 0.717) is 6.61 Å². The zero-order chi connectivity index (χ0) is 16.9. The number of rotatable bonds is 6. The number of ether oxygens (including phenoxy) is 3. The lowest BCUT2D eigenvalue weighted by Gasteiger charge is -2.49. The average Bonchev–Trinajstić information content (AvgIpc) is 2.47. The summed E-state index contributed by atoms with van der Waals surface area (Å²) in [7, 11) is 2.43. The van der Waals surface area contributed by atoms with Crippen LogP contribution in [0.25, 0.3) is 0 Å². The van der Waals surface area contributed by atoms with Crippen LogP contribution in [0.3, 0.4) is 0 Å². The van der Waals surface area contributed by atoms with Gasteiger partial charge in [0.15, 0.2) is 5.41 Å². The molecule has 0 N–H and O–H groups in total. The van der Waals surface area contributed by atoms with Crippen molar-refractivity contribution in [2.75, 3.05) is 20.8 Å². The molecule has 0 bridgehead atoms. The third-order valence-corrected chi connectivity index (χ3v) is 5.39. The SMILES string of the molecule is CCOC(=S)S[C@H]1[C@@H](CC(C)=O)CC1(C(=O)OC)C(=O)OC. The number of carbonyl (C=O) groups excluding carboxylic acids is 3. The summed E-state index contributed by atoms with van der Waals surface area (Å²) in [6.07, 6.45) is 0.473. The maximum Gasteiger partial charge on any atom is 0.324 e. The molecular weight excluding hydrogens is 328 g/mol. The number of Topliss-reactive ketones (excluding diaryl/α,β-unsaturated/α-hetero) is 1. The maximum atomic E-state index is 12.2. The van der Waals surface area contributed by atoms with Crippen LogP contribution in [-0.4, -0.2) is 48.2 Å². The number of carbonyl (C=O) groups is 3. The highest BCUT2D eigenvalue weighted by molar-refractivity contribution is 8.23. The third kappa shape index (κ3) is 3.60. The van der Waals surface area contributed by atoms with E-state index in [0.717, 1.165) is 11.8 Å². The number of thiocarbonyl (C=S) groups is 1. The highest BCUT2D eigenvalue weighted by atomic mass is 32.2. The minimum atomic E-state index is -1.44. The predicted molar refractivity (Wildman–Crippen MR) is 85.5 cm³/mol. The van der Waals surface area contributed by atoms with Gasteiger partial charge in [-0.05, 0) is 38.4 Å². The monoisotopic (exact) mass is 348 g/mol. The molecule has 1 aliphatic rings. The molecule has 22 heavy (non-hydrogen) atoms. The lowest BCUT2D eigenvalue weighted by atomic mass is 9.60. The van der Waals surface area contributed by atoms with Crippen LogP contribution in [0.2, 0.25) is 0 Å². The Hall–Kier alpha value is -1.15. The van der Waals surface area contributed by atoms with Gasteiger partial charge < -0.3 is 19.0 Å². The molecule has 0 heterocycles. The summed E-state index contributed by atoms with van der Waals surface area (Å²) in [4.78, 5) is 35.8. The van der Waals surface area contributed by atoms with Gasteiger partial charge >= 0.3 is 11.9 Å². The van der Waals surface area contributed by atoms with Crippen molar-refractivity contribution in [3.8, 4) is 0 Å². The zero-order valence-electron chi connectivity index (χ0n) is 13.0. The van der Waals surface area contributed by atoms with E-state index in [1.807, 2.05) is 0 Å². The van der Waals surface area contributed by atoms with E-state index in [2.05, 4.69) is 0 Å². The molecule has 0 unspecified atom stereocenters. The number of methoxy groups -OCH3 is 2. The van der Waals surface area contributed by atoms with E-state index in [-0.39, 0.29) is 28.9 Å². The molecule has 0 aromatic heterocycles. The van der Waals surface area contributed by atoms with Crippen LogP contribution >= 0.6 is 24.0 Å². The van der Waals surface area contributed by atoms with Gasteiger partial charge in [-0.2, -0.15) is 0 Å². The first kappa shape index (κ1) is 18.9. The van der Waals surface area contributed by atoms with E-state index in [1.54, 1.807) is 6.92 Å². The molecule has 0 radical (unpaired) electrons. The van der Waals surface area contributed by atoms with Crippen molar-refractivity contribution in [3.05, 3.63) is 0 Å². The van der Waals surface area contributed by atoms with Gasteiger partial charge in [-0.1, -0.05) is 11.8 Å². The van der Waals surface area contributed by atoms with Crippen LogP contribution in [-0.2, 0) is 28.6 Å². The van der Waals surface area contributed by atoms with Crippen LogP contribution in [0, 0.1) is 11.3 Å². The minimum absolute atomic E-state index is 0.0127. The number of esters is 2. The second-order valence-corrected chi connectivity index (χ2v) is 6.79. The third-order valence-electron chi connectivity index (χ3n) is 3.63. The summed E-state index contributed by atoms with van der Waals surface area (Å²) in [6.45, 7) is 3.65. The molecule has 1 rings (SSSR count). The maximum absolute atomic E-state index is 12.2. The Morgan fingerprint density at radius 1 is 1.23 bits per heavy atom. The molecule has 124 valence electrons. The normalized spacial score (nSPS) is 22.2. The van der Waals surface area contributed by atoms with E-state index >= 15 is 0 Å². The fourth-order valence-electron chi connectivity index (χ4n) is 2.73. The lowest BCUT2D eigenvalue weighted by Crippen LogP contribution is -2.61. The second-order valence-electron chi connectivity index (χ2n) is 5.05. The molecule has 0 aliphatic heterocycles. The zero-order valence-corrected chi connectivity index (χ0v) is 14.7. The predicted octanol–water partition coefficient (Wildman–Crippen LogP) is 1.74. The quantitative estimate of drug-likeness (QED) is 0.408. The molecule has 0 aromatic rings. The van der Waals surface area contributed by atoms with Crippen molar-refractivity contribution in [2.45, 2.75) is 31.9 Å². The van der Waals surface area contributed by atoms with Gasteiger partial charge in [0.1, 0.15) is 5.78 Å². The topological polar surface area (TPSA) is 78.9 Å². The van der Waals surface area contributed by atoms with Crippen molar-refractivity contribution in [3.63, 3.8) is 0 Å². The van der Waals surface area contributed by atoms with Gasteiger partial charge in [0.25, 0.3) is 0 Å². The molecule has 8 heteroatoms. The number of thioether (sulfide) groups is 1. The molecule has 0 saturated heterocycles. The first-order valence-corrected chi connectivity index (χ1v) is 8.11. The summed E-state index contributed by atoms with van der Waals surface area (Å²) in [5.74, 6) is -1.51. The van der Waals surface area contributed by atoms with E-state index in [9.17, 15) is 14.4 Å². The molecule has 0 amide bonds. The molecule has 6 nitrogen and oxygen atoms in total. The largest absolute Gasteiger partial charge is 0.479 e. The standard InChI is InChI=1S/C14H20O6S2/c1-5-20-13(21)22-10-9(6-8(2)15)7-14(10,11(16)18-3)12(17)19-4/h9-10H,5-7H2,1-4H3/t9-,10-/m0/s1. The van der Waals surface area contributed by atoms with E-state index < -0.39 is 22.6 Å². The van der Waals surface area contributed by atoms with Crippen LogP contribution in [0.1, 0.15) is 26.7 Å². The Balaban J connectivity index is 3.08. The summed E-state index contributed by atoms with van der Waals surface area (Å²) in [5.41, 5.74) is -1.44. The van der Waals surface area contributed by atoms with Gasteiger partial charge in [0.05, 0.1) is 20.8 Å². The van der Waals surface area contributed by atoms with Gasteiger partial charge in [0.2, 0.25) is 4.38 Å². The van der Waals surface area contributed by atoms with Crippen LogP contribution in [0.15, 0.2) is 0 Å². The summed E-state index contributed by atoms with van der Waals surface area (Å²) >= 11 is 6.21. The lowest BCUT2D eigenvalue weighted by molar-refractivity contribution is -0.179. The Morgan fingerprint density at radius 2 is 1.77 bits per heavy atom. The molecule has 1 aliphatic carbocycles. The Bertz CT molecular complexity index is 460. The van der Waals surface area contributed by atoms with Gasteiger partial charge in [-0.25, -0.2) is 0 Å². The first-order chi connectivity index (χ1) is 10.3. The van der Waals surface area contributed by atoms with Crippen molar-refractivity contribution >= 4 is 46.1 Å². The Labute approximate surface area is 139 Å². The molecule has 0 aromatic carbocycles.